The number of nitrogens with zero attached hydrogens (tertiary/aromatic N) is 5. The van der Waals surface area contributed by atoms with Gasteiger partial charge in [0.05, 0.1) is 18.7 Å². The molecule has 1 aliphatic rings. The highest BCUT2D eigenvalue weighted by molar-refractivity contribution is 5.83. The van der Waals surface area contributed by atoms with Gasteiger partial charge in [-0.15, -0.1) is 0 Å². The molecule has 1 aliphatic heterocycles. The fourth-order valence-electron chi connectivity index (χ4n) is 4.69. The van der Waals surface area contributed by atoms with E-state index in [9.17, 15) is 9.59 Å². The summed E-state index contributed by atoms with van der Waals surface area (Å²) in [5.74, 6) is -0.674. The van der Waals surface area contributed by atoms with Crippen molar-refractivity contribution in [2.45, 2.75) is 26.2 Å². The molecule has 0 atom stereocenters. The number of hydrogen-bond donors (Lipinski definition) is 3. The van der Waals surface area contributed by atoms with Gasteiger partial charge >= 0.3 is 17.7 Å². The second-order valence-corrected chi connectivity index (χ2v) is 9.29. The summed E-state index contributed by atoms with van der Waals surface area (Å²) < 4.78 is 7.15. The summed E-state index contributed by atoms with van der Waals surface area (Å²) in [5.41, 5.74) is 9.97. The van der Waals surface area contributed by atoms with Gasteiger partial charge in [-0.25, -0.2) is 9.36 Å². The van der Waals surface area contributed by atoms with E-state index in [4.69, 9.17) is 15.6 Å². The molecule has 2 aromatic carbocycles. The Labute approximate surface area is 219 Å². The number of carboxylic acid groups (broad SMARTS) is 1. The second-order valence-electron chi connectivity index (χ2n) is 9.29. The number of nitrogens with two attached hydrogens (primary N) is 1. The van der Waals surface area contributed by atoms with Gasteiger partial charge in [-0.2, -0.15) is 9.97 Å². The first-order chi connectivity index (χ1) is 18.4. The first-order valence-electron chi connectivity index (χ1n) is 12.7. The minimum absolute atomic E-state index is 0.0106. The van der Waals surface area contributed by atoms with Crippen molar-refractivity contribution in [2.24, 2.45) is 0 Å². The van der Waals surface area contributed by atoms with Crippen molar-refractivity contribution >= 4 is 34.3 Å². The molecule has 0 aliphatic carbocycles. The number of fused-ring (bicyclic) bond motifs is 1. The molecule has 3 heterocycles. The lowest BCUT2D eigenvalue weighted by atomic mass is 10.1. The third kappa shape index (κ3) is 5.26. The van der Waals surface area contributed by atoms with Crippen molar-refractivity contribution in [2.75, 3.05) is 48.3 Å². The number of aliphatic carboxylic acids is 1. The Kier molecular flexibility index (Phi) is 7.16. The van der Waals surface area contributed by atoms with Gasteiger partial charge in [0.1, 0.15) is 5.52 Å². The molecule has 0 amide bonds. The normalized spacial score (nSPS) is 13.7. The van der Waals surface area contributed by atoms with Crippen LogP contribution in [0.5, 0.6) is 6.01 Å². The number of aromatic nitrogens is 4. The van der Waals surface area contributed by atoms with Crippen LogP contribution < -0.4 is 26.0 Å². The number of ether oxygens (including phenoxy) is 1. The first kappa shape index (κ1) is 25.1. The molecule has 0 spiro atoms. The number of nitrogen functional groups attached to an aromatic ring is 1. The third-order valence-corrected chi connectivity index (χ3v) is 6.64. The van der Waals surface area contributed by atoms with Crippen molar-refractivity contribution < 1.29 is 14.6 Å². The number of carboxylic acids is 1. The monoisotopic (exact) mass is 517 g/mol. The Morgan fingerprint density at radius 3 is 2.37 bits per heavy atom. The van der Waals surface area contributed by atoms with E-state index in [1.165, 1.54) is 4.57 Å². The molecule has 0 saturated carbocycles. The van der Waals surface area contributed by atoms with Gasteiger partial charge in [-0.05, 0) is 42.3 Å². The molecule has 11 heteroatoms. The van der Waals surface area contributed by atoms with E-state index < -0.39 is 5.97 Å². The molecule has 11 nitrogen and oxygen atoms in total. The molecule has 1 saturated heterocycles. The lowest BCUT2D eigenvalue weighted by Gasteiger charge is -2.37. The Bertz CT molecular complexity index is 1510. The number of carbonyl (C=O) groups is 1. The average Bonchev–Trinajstić information content (AvgIpc) is 3.25. The summed E-state index contributed by atoms with van der Waals surface area (Å²) in [7, 11) is 0. The van der Waals surface area contributed by atoms with Gasteiger partial charge in [-0.1, -0.05) is 31.5 Å². The smallest absolute Gasteiger partial charge is 0.332 e. The Balaban J connectivity index is 1.36. The van der Waals surface area contributed by atoms with E-state index in [0.29, 0.717) is 23.5 Å². The standard InChI is InChI=1S/C27H31N7O4/c1-2-3-14-38-26-30-24(28)23-25(31-26)34(27(37)29-23)21-9-5-8-20(17-21)33-12-10-32(11-13-33)19-7-4-6-18(15-19)16-22(35)36/h4-9,15,17H,2-3,10-14,16H2,1H3,(H,29,37)(H,35,36)(H2,28,30,31). The van der Waals surface area contributed by atoms with Crippen molar-refractivity contribution in [3.8, 4) is 11.7 Å². The Hall–Kier alpha value is -4.54. The van der Waals surface area contributed by atoms with E-state index in [2.05, 4.69) is 31.7 Å². The zero-order chi connectivity index (χ0) is 26.6. The number of H-pyrrole nitrogens is 1. The van der Waals surface area contributed by atoms with Crippen molar-refractivity contribution in [1.29, 1.82) is 0 Å². The van der Waals surface area contributed by atoms with Gasteiger partial charge in [-0.3, -0.25) is 4.79 Å². The van der Waals surface area contributed by atoms with Crippen LogP contribution in [0.4, 0.5) is 17.2 Å². The summed E-state index contributed by atoms with van der Waals surface area (Å²) in [6, 6.07) is 15.6. The summed E-state index contributed by atoms with van der Waals surface area (Å²) in [5, 5.41) is 9.10. The summed E-state index contributed by atoms with van der Waals surface area (Å²) in [6.07, 6.45) is 1.85. The number of piperazine rings is 1. The minimum Gasteiger partial charge on any atom is -0.481 e. The molecular weight excluding hydrogens is 486 g/mol. The third-order valence-electron chi connectivity index (χ3n) is 6.64. The highest BCUT2D eigenvalue weighted by atomic mass is 16.5. The van der Waals surface area contributed by atoms with Gasteiger partial charge in [0.2, 0.25) is 0 Å². The fraction of sp³-hybridized carbons (Fsp3) is 0.333. The molecule has 4 aromatic rings. The number of hydrogen-bond acceptors (Lipinski definition) is 8. The lowest BCUT2D eigenvalue weighted by Crippen LogP contribution is -2.46. The average molecular weight is 518 g/mol. The highest BCUT2D eigenvalue weighted by Gasteiger charge is 2.20. The summed E-state index contributed by atoms with van der Waals surface area (Å²) >= 11 is 0. The minimum atomic E-state index is -0.837. The predicted molar refractivity (Wildman–Crippen MR) is 147 cm³/mol. The van der Waals surface area contributed by atoms with Crippen LogP contribution in [0.25, 0.3) is 16.9 Å². The molecule has 5 rings (SSSR count). The van der Waals surface area contributed by atoms with E-state index in [-0.39, 0.29) is 23.9 Å². The topological polar surface area (TPSA) is 143 Å². The number of aromatic amines is 1. The number of benzene rings is 2. The van der Waals surface area contributed by atoms with Gasteiger partial charge < -0.3 is 30.4 Å². The largest absolute Gasteiger partial charge is 0.481 e. The van der Waals surface area contributed by atoms with Gasteiger partial charge in [0, 0.05) is 37.6 Å². The molecule has 0 unspecified atom stereocenters. The van der Waals surface area contributed by atoms with Crippen molar-refractivity contribution in [3.05, 3.63) is 64.6 Å². The SMILES string of the molecule is CCCCOc1nc(N)c2[nH]c(=O)n(-c3cccc(N4CCN(c5cccc(CC(=O)O)c5)CC4)c3)c2n1. The van der Waals surface area contributed by atoms with Crippen LogP contribution in [0.15, 0.2) is 53.3 Å². The van der Waals surface area contributed by atoms with Gasteiger partial charge in [0.15, 0.2) is 11.5 Å². The van der Waals surface area contributed by atoms with Crippen LogP contribution >= 0.6 is 0 Å². The molecule has 198 valence electrons. The molecule has 0 radical (unpaired) electrons. The van der Waals surface area contributed by atoms with Crippen LogP contribution in [-0.2, 0) is 11.2 Å². The van der Waals surface area contributed by atoms with Crippen molar-refractivity contribution in [3.63, 3.8) is 0 Å². The van der Waals surface area contributed by atoms with Crippen molar-refractivity contribution in [1.82, 2.24) is 19.5 Å². The highest BCUT2D eigenvalue weighted by Crippen LogP contribution is 2.25. The molecule has 38 heavy (non-hydrogen) atoms. The van der Waals surface area contributed by atoms with E-state index in [0.717, 1.165) is 56.0 Å². The lowest BCUT2D eigenvalue weighted by molar-refractivity contribution is -0.136. The van der Waals surface area contributed by atoms with Gasteiger partial charge in [0.25, 0.3) is 0 Å². The maximum atomic E-state index is 12.9. The predicted octanol–water partition coefficient (Wildman–Crippen LogP) is 2.82. The van der Waals surface area contributed by atoms with Crippen LogP contribution in [0.3, 0.4) is 0 Å². The number of anilines is 3. The van der Waals surface area contributed by atoms with E-state index in [1.807, 2.05) is 48.5 Å². The number of unbranched alkanes of at least 4 members (excludes halogenated alkanes) is 1. The second kappa shape index (κ2) is 10.8. The fourth-order valence-corrected chi connectivity index (χ4v) is 4.69. The van der Waals surface area contributed by atoms with Crippen LogP contribution in [0, 0.1) is 0 Å². The van der Waals surface area contributed by atoms with E-state index in [1.54, 1.807) is 0 Å². The number of nitrogens with one attached hydrogen (secondary N) is 1. The summed E-state index contributed by atoms with van der Waals surface area (Å²) in [6.45, 7) is 5.67. The first-order valence-corrected chi connectivity index (χ1v) is 12.7. The van der Waals surface area contributed by atoms with Crippen LogP contribution in [0.2, 0.25) is 0 Å². The maximum Gasteiger partial charge on any atom is 0.332 e. The van der Waals surface area contributed by atoms with Crippen LogP contribution in [-0.4, -0.2) is 63.4 Å². The number of imidazole rings is 1. The number of rotatable bonds is 9. The Morgan fingerprint density at radius 2 is 1.68 bits per heavy atom. The quantitative estimate of drug-likeness (QED) is 0.286. The Morgan fingerprint density at radius 1 is 1.03 bits per heavy atom. The van der Waals surface area contributed by atoms with E-state index >= 15 is 0 Å². The van der Waals surface area contributed by atoms with Crippen LogP contribution in [0.1, 0.15) is 25.3 Å². The molecule has 4 N–H and O–H groups in total. The molecule has 0 bridgehead atoms. The molecular formula is C27H31N7O4. The zero-order valence-electron chi connectivity index (χ0n) is 21.3. The molecule has 2 aromatic heterocycles. The zero-order valence-corrected chi connectivity index (χ0v) is 21.3. The maximum absolute atomic E-state index is 12.9. The summed E-state index contributed by atoms with van der Waals surface area (Å²) in [4.78, 5) is 40.0. The molecule has 1 fully saturated rings.